The maximum atomic E-state index is 12.9. The Balaban J connectivity index is 1.26. The van der Waals surface area contributed by atoms with E-state index >= 15 is 0 Å². The summed E-state index contributed by atoms with van der Waals surface area (Å²) in [5.74, 6) is 1.36. The number of nitrogens with one attached hydrogen (secondary N) is 1. The molecule has 6 nitrogen and oxygen atoms in total. The molecule has 1 aromatic heterocycles. The van der Waals surface area contributed by atoms with Gasteiger partial charge in [0, 0.05) is 31.0 Å². The highest BCUT2D eigenvalue weighted by atomic mass is 32.2. The normalized spacial score (nSPS) is 15.4. The second kappa shape index (κ2) is 10.2. The van der Waals surface area contributed by atoms with E-state index in [9.17, 15) is 9.59 Å². The Morgan fingerprint density at radius 3 is 2.51 bits per heavy atom. The van der Waals surface area contributed by atoms with Crippen molar-refractivity contribution in [1.82, 2.24) is 19.8 Å². The van der Waals surface area contributed by atoms with Crippen molar-refractivity contribution in [2.75, 3.05) is 5.75 Å². The van der Waals surface area contributed by atoms with Crippen LogP contribution in [-0.2, 0) is 17.9 Å². The van der Waals surface area contributed by atoms with Gasteiger partial charge in [0.15, 0.2) is 0 Å². The summed E-state index contributed by atoms with van der Waals surface area (Å²) in [6.07, 6.45) is 3.69. The molecule has 4 aromatic rings. The van der Waals surface area contributed by atoms with Crippen LogP contribution in [0.5, 0.6) is 0 Å². The summed E-state index contributed by atoms with van der Waals surface area (Å²) in [7, 11) is 0. The Hall–Kier alpha value is -3.84. The van der Waals surface area contributed by atoms with Gasteiger partial charge in [0.1, 0.15) is 11.2 Å². The number of benzene rings is 3. The molecule has 0 radical (unpaired) electrons. The summed E-state index contributed by atoms with van der Waals surface area (Å²) in [4.78, 5) is 31.6. The molecular weight excluding hydrogens is 456 g/mol. The van der Waals surface area contributed by atoms with Crippen LogP contribution in [0.25, 0.3) is 5.69 Å². The Labute approximate surface area is 209 Å². The number of aryl methyl sites for hydroxylation is 1. The fraction of sp³-hybridized carbons (Fsp3) is 0.179. The average Bonchev–Trinajstić information content (AvgIpc) is 3.48. The Kier molecular flexibility index (Phi) is 6.68. The number of rotatable bonds is 7. The average molecular weight is 483 g/mol. The lowest BCUT2D eigenvalue weighted by molar-refractivity contribution is -0.128. The third-order valence-electron chi connectivity index (χ3n) is 6.14. The van der Waals surface area contributed by atoms with E-state index in [2.05, 4.69) is 10.3 Å². The molecule has 3 aromatic carbocycles. The maximum Gasteiger partial charge on any atom is 0.251 e. The second-order valence-corrected chi connectivity index (χ2v) is 9.52. The zero-order valence-electron chi connectivity index (χ0n) is 19.4. The van der Waals surface area contributed by atoms with Crippen molar-refractivity contribution < 1.29 is 9.59 Å². The number of para-hydroxylation sites is 1. The van der Waals surface area contributed by atoms with Gasteiger partial charge in [-0.1, -0.05) is 60.7 Å². The molecule has 5 rings (SSSR count). The highest BCUT2D eigenvalue weighted by molar-refractivity contribution is 8.00. The number of nitrogens with zero attached hydrogens (tertiary/aromatic N) is 3. The standard InChI is InChI=1S/C28H26N4O2S/c1-20-29-15-16-31(20)25-10-6-5-9-24(25)17-30-27(34)22-11-13-23(14-12-22)28-32(26(33)19-35-28)18-21-7-3-2-4-8-21/h2-16,28H,17-19H2,1H3,(H,30,34)/t28-/m1/s1. The fourth-order valence-electron chi connectivity index (χ4n) is 4.29. The molecule has 1 atom stereocenters. The molecule has 176 valence electrons. The molecular formula is C28H26N4O2S. The number of aromatic nitrogens is 2. The van der Waals surface area contributed by atoms with Crippen LogP contribution in [0.2, 0.25) is 0 Å². The summed E-state index contributed by atoms with van der Waals surface area (Å²) >= 11 is 1.62. The first kappa shape index (κ1) is 22.9. The van der Waals surface area contributed by atoms with Gasteiger partial charge in [-0.25, -0.2) is 4.98 Å². The van der Waals surface area contributed by atoms with E-state index in [0.717, 1.165) is 28.2 Å². The van der Waals surface area contributed by atoms with Crippen LogP contribution in [0.15, 0.2) is 91.3 Å². The predicted molar refractivity (Wildman–Crippen MR) is 138 cm³/mol. The van der Waals surface area contributed by atoms with Gasteiger partial charge >= 0.3 is 0 Å². The molecule has 0 aliphatic carbocycles. The summed E-state index contributed by atoms with van der Waals surface area (Å²) in [6, 6.07) is 25.6. The zero-order valence-corrected chi connectivity index (χ0v) is 20.2. The van der Waals surface area contributed by atoms with Gasteiger partial charge in [0.25, 0.3) is 5.91 Å². The monoisotopic (exact) mass is 482 g/mol. The Bertz CT molecular complexity index is 1330. The molecule has 0 bridgehead atoms. The third kappa shape index (κ3) is 5.00. The van der Waals surface area contributed by atoms with Crippen LogP contribution in [0.3, 0.4) is 0 Å². The molecule has 1 aliphatic heterocycles. The number of carbonyl (C=O) groups is 2. The number of carbonyl (C=O) groups excluding carboxylic acids is 2. The van der Waals surface area contributed by atoms with Crippen molar-refractivity contribution >= 4 is 23.6 Å². The van der Waals surface area contributed by atoms with Gasteiger partial charge in [0.2, 0.25) is 5.91 Å². The van der Waals surface area contributed by atoms with E-state index in [4.69, 9.17) is 0 Å². The van der Waals surface area contributed by atoms with Crippen LogP contribution in [0.4, 0.5) is 0 Å². The van der Waals surface area contributed by atoms with Crippen molar-refractivity contribution in [2.45, 2.75) is 25.4 Å². The zero-order chi connectivity index (χ0) is 24.2. The Morgan fingerprint density at radius 2 is 1.77 bits per heavy atom. The van der Waals surface area contributed by atoms with Crippen LogP contribution < -0.4 is 5.32 Å². The van der Waals surface area contributed by atoms with Crippen molar-refractivity contribution in [3.05, 3.63) is 119 Å². The lowest BCUT2D eigenvalue weighted by Gasteiger charge is -2.24. The highest BCUT2D eigenvalue weighted by Crippen LogP contribution is 2.39. The molecule has 2 amide bonds. The Morgan fingerprint density at radius 1 is 1.03 bits per heavy atom. The van der Waals surface area contributed by atoms with Crippen molar-refractivity contribution in [3.8, 4) is 5.69 Å². The fourth-order valence-corrected chi connectivity index (χ4v) is 5.47. The van der Waals surface area contributed by atoms with Crippen LogP contribution in [-0.4, -0.2) is 32.0 Å². The van der Waals surface area contributed by atoms with Crippen molar-refractivity contribution in [2.24, 2.45) is 0 Å². The van der Waals surface area contributed by atoms with Gasteiger partial charge in [-0.15, -0.1) is 11.8 Å². The van der Waals surface area contributed by atoms with Crippen LogP contribution in [0, 0.1) is 6.92 Å². The van der Waals surface area contributed by atoms with Gasteiger partial charge in [0.05, 0.1) is 11.4 Å². The largest absolute Gasteiger partial charge is 0.348 e. The van der Waals surface area contributed by atoms with Crippen LogP contribution >= 0.6 is 11.8 Å². The first-order valence-corrected chi connectivity index (χ1v) is 12.6. The number of hydrogen-bond donors (Lipinski definition) is 1. The van der Waals surface area contributed by atoms with Crippen molar-refractivity contribution in [3.63, 3.8) is 0 Å². The molecule has 1 aliphatic rings. The van der Waals surface area contributed by atoms with E-state index < -0.39 is 0 Å². The lowest BCUT2D eigenvalue weighted by atomic mass is 10.1. The molecule has 35 heavy (non-hydrogen) atoms. The first-order valence-electron chi connectivity index (χ1n) is 11.5. The summed E-state index contributed by atoms with van der Waals surface area (Å²) < 4.78 is 2.01. The summed E-state index contributed by atoms with van der Waals surface area (Å²) in [6.45, 7) is 2.94. The third-order valence-corrected chi connectivity index (χ3v) is 7.39. The second-order valence-electron chi connectivity index (χ2n) is 8.45. The number of imidazole rings is 1. The predicted octanol–water partition coefficient (Wildman–Crippen LogP) is 4.88. The summed E-state index contributed by atoms with van der Waals surface area (Å²) in [5, 5.41) is 2.98. The van der Waals surface area contributed by atoms with Crippen molar-refractivity contribution in [1.29, 1.82) is 0 Å². The molecule has 1 saturated heterocycles. The first-order chi connectivity index (χ1) is 17.1. The molecule has 1 fully saturated rings. The molecule has 0 saturated carbocycles. The molecule has 7 heteroatoms. The molecule has 1 N–H and O–H groups in total. The van der Waals surface area contributed by atoms with Gasteiger partial charge in [-0.05, 0) is 41.8 Å². The SMILES string of the molecule is Cc1nccn1-c1ccccc1CNC(=O)c1ccc([C@H]2SCC(=O)N2Cc2ccccc2)cc1. The minimum atomic E-state index is -0.134. The number of hydrogen-bond acceptors (Lipinski definition) is 4. The van der Waals surface area contributed by atoms with Gasteiger partial charge in [-0.3, -0.25) is 9.59 Å². The summed E-state index contributed by atoms with van der Waals surface area (Å²) in [5.41, 5.74) is 4.73. The number of thioether (sulfide) groups is 1. The molecule has 2 heterocycles. The van der Waals surface area contributed by atoms with Gasteiger partial charge in [-0.2, -0.15) is 0 Å². The number of amides is 2. The quantitative estimate of drug-likeness (QED) is 0.408. The van der Waals surface area contributed by atoms with E-state index in [1.54, 1.807) is 18.0 Å². The molecule has 0 unspecified atom stereocenters. The molecule has 0 spiro atoms. The van der Waals surface area contributed by atoms with E-state index in [1.165, 1.54) is 0 Å². The highest BCUT2D eigenvalue weighted by Gasteiger charge is 2.32. The maximum absolute atomic E-state index is 12.9. The lowest BCUT2D eigenvalue weighted by Crippen LogP contribution is -2.27. The smallest absolute Gasteiger partial charge is 0.251 e. The van der Waals surface area contributed by atoms with Gasteiger partial charge < -0.3 is 14.8 Å². The minimum Gasteiger partial charge on any atom is -0.348 e. The topological polar surface area (TPSA) is 67.2 Å². The minimum absolute atomic E-state index is 0.0508. The van der Waals surface area contributed by atoms with Crippen LogP contribution in [0.1, 0.15) is 38.2 Å². The van der Waals surface area contributed by atoms with E-state index in [-0.39, 0.29) is 17.2 Å². The van der Waals surface area contributed by atoms with E-state index in [1.807, 2.05) is 101 Å². The van der Waals surface area contributed by atoms with E-state index in [0.29, 0.717) is 24.4 Å².